The SMILES string of the molecule is COc1ccc(NC(=O)CCNC(C)(C)C)c(O)c1. The van der Waals surface area contributed by atoms with Crippen LogP contribution in [0.25, 0.3) is 0 Å². The van der Waals surface area contributed by atoms with Crippen molar-refractivity contribution in [3.63, 3.8) is 0 Å². The molecule has 0 bridgehead atoms. The van der Waals surface area contributed by atoms with Crippen LogP contribution in [0.5, 0.6) is 11.5 Å². The Morgan fingerprint density at radius 1 is 1.37 bits per heavy atom. The fourth-order valence-electron chi connectivity index (χ4n) is 1.51. The number of phenols is 1. The number of amides is 1. The van der Waals surface area contributed by atoms with Crippen molar-refractivity contribution in [3.05, 3.63) is 18.2 Å². The third-order valence-electron chi connectivity index (χ3n) is 2.49. The normalized spacial score (nSPS) is 11.2. The van der Waals surface area contributed by atoms with Gasteiger partial charge in [-0.1, -0.05) is 0 Å². The molecule has 5 heteroatoms. The van der Waals surface area contributed by atoms with Crippen LogP contribution in [0.4, 0.5) is 5.69 Å². The molecule has 106 valence electrons. The molecule has 0 heterocycles. The number of anilines is 1. The highest BCUT2D eigenvalue weighted by molar-refractivity contribution is 5.92. The first-order chi connectivity index (χ1) is 8.81. The number of phenolic OH excluding ortho intramolecular Hbond substituents is 1. The van der Waals surface area contributed by atoms with Crippen LogP contribution < -0.4 is 15.4 Å². The van der Waals surface area contributed by atoms with Crippen molar-refractivity contribution in [1.29, 1.82) is 0 Å². The van der Waals surface area contributed by atoms with E-state index in [1.807, 2.05) is 20.8 Å². The Morgan fingerprint density at radius 2 is 2.05 bits per heavy atom. The minimum Gasteiger partial charge on any atom is -0.506 e. The van der Waals surface area contributed by atoms with E-state index in [4.69, 9.17) is 4.74 Å². The molecular weight excluding hydrogens is 244 g/mol. The minimum absolute atomic E-state index is 0.00326. The third-order valence-corrected chi connectivity index (χ3v) is 2.49. The summed E-state index contributed by atoms with van der Waals surface area (Å²) in [6.45, 7) is 6.72. The Hall–Kier alpha value is -1.75. The molecule has 0 spiro atoms. The third kappa shape index (κ3) is 5.61. The molecule has 0 radical (unpaired) electrons. The van der Waals surface area contributed by atoms with E-state index in [0.717, 1.165) is 0 Å². The molecule has 1 aromatic rings. The van der Waals surface area contributed by atoms with E-state index in [1.54, 1.807) is 12.1 Å². The van der Waals surface area contributed by atoms with Gasteiger partial charge in [0.15, 0.2) is 0 Å². The molecule has 1 aromatic carbocycles. The minimum atomic E-state index is -0.141. The number of benzene rings is 1. The number of methoxy groups -OCH3 is 1. The van der Waals surface area contributed by atoms with Gasteiger partial charge in [-0.3, -0.25) is 4.79 Å². The molecule has 0 aliphatic rings. The molecule has 0 atom stereocenters. The van der Waals surface area contributed by atoms with Crippen molar-refractivity contribution >= 4 is 11.6 Å². The lowest BCUT2D eigenvalue weighted by molar-refractivity contribution is -0.116. The number of carbonyl (C=O) groups is 1. The van der Waals surface area contributed by atoms with E-state index in [1.165, 1.54) is 13.2 Å². The van der Waals surface area contributed by atoms with Gasteiger partial charge in [-0.15, -0.1) is 0 Å². The van der Waals surface area contributed by atoms with Gasteiger partial charge in [0.05, 0.1) is 12.8 Å². The first kappa shape index (κ1) is 15.3. The molecule has 5 nitrogen and oxygen atoms in total. The Kier molecular flexibility index (Phi) is 5.18. The maximum Gasteiger partial charge on any atom is 0.225 e. The van der Waals surface area contributed by atoms with E-state index in [0.29, 0.717) is 24.4 Å². The Morgan fingerprint density at radius 3 is 2.58 bits per heavy atom. The zero-order valence-corrected chi connectivity index (χ0v) is 11.9. The largest absolute Gasteiger partial charge is 0.506 e. The molecule has 1 rings (SSSR count). The van der Waals surface area contributed by atoms with Crippen LogP contribution in [0.3, 0.4) is 0 Å². The average molecular weight is 266 g/mol. The fraction of sp³-hybridized carbons (Fsp3) is 0.500. The van der Waals surface area contributed by atoms with Crippen LogP contribution in [0, 0.1) is 0 Å². The summed E-state index contributed by atoms with van der Waals surface area (Å²) >= 11 is 0. The summed E-state index contributed by atoms with van der Waals surface area (Å²) in [7, 11) is 1.52. The number of hydrogen-bond acceptors (Lipinski definition) is 4. The van der Waals surface area contributed by atoms with E-state index in [2.05, 4.69) is 10.6 Å². The highest BCUT2D eigenvalue weighted by Gasteiger charge is 2.11. The Labute approximate surface area is 114 Å². The van der Waals surface area contributed by atoms with E-state index in [9.17, 15) is 9.90 Å². The van der Waals surface area contributed by atoms with Crippen LogP contribution in [0.1, 0.15) is 27.2 Å². The van der Waals surface area contributed by atoms with Gasteiger partial charge in [0.1, 0.15) is 11.5 Å². The molecule has 0 fully saturated rings. The van der Waals surface area contributed by atoms with Crippen LogP contribution >= 0.6 is 0 Å². The topological polar surface area (TPSA) is 70.6 Å². The van der Waals surface area contributed by atoms with Gasteiger partial charge in [-0.05, 0) is 32.9 Å². The standard InChI is InChI=1S/C14H22N2O3/c1-14(2,3)15-8-7-13(18)16-11-6-5-10(19-4)9-12(11)17/h5-6,9,15,17H,7-8H2,1-4H3,(H,16,18). The highest BCUT2D eigenvalue weighted by Crippen LogP contribution is 2.27. The second-order valence-corrected chi connectivity index (χ2v) is 5.36. The van der Waals surface area contributed by atoms with E-state index < -0.39 is 0 Å². The Bertz CT molecular complexity index is 439. The monoisotopic (exact) mass is 266 g/mol. The molecule has 0 aliphatic carbocycles. The molecule has 3 N–H and O–H groups in total. The molecule has 0 saturated carbocycles. The van der Waals surface area contributed by atoms with Crippen LogP contribution in [-0.4, -0.2) is 30.2 Å². The lowest BCUT2D eigenvalue weighted by atomic mass is 10.1. The van der Waals surface area contributed by atoms with E-state index >= 15 is 0 Å². The number of hydrogen-bond donors (Lipinski definition) is 3. The molecule has 0 saturated heterocycles. The van der Waals surface area contributed by atoms with Crippen molar-refractivity contribution < 1.29 is 14.6 Å². The number of carbonyl (C=O) groups excluding carboxylic acids is 1. The summed E-state index contributed by atoms with van der Waals surface area (Å²) in [6, 6.07) is 4.76. The molecular formula is C14H22N2O3. The summed E-state index contributed by atoms with van der Waals surface area (Å²) in [5, 5.41) is 15.6. The molecule has 0 unspecified atom stereocenters. The predicted molar refractivity (Wildman–Crippen MR) is 75.7 cm³/mol. The first-order valence-electron chi connectivity index (χ1n) is 6.24. The summed E-state index contributed by atoms with van der Waals surface area (Å²) in [5.74, 6) is 0.401. The highest BCUT2D eigenvalue weighted by atomic mass is 16.5. The zero-order chi connectivity index (χ0) is 14.5. The summed E-state index contributed by atoms with van der Waals surface area (Å²) in [5.41, 5.74) is 0.379. The zero-order valence-electron chi connectivity index (χ0n) is 11.9. The lowest BCUT2D eigenvalue weighted by Crippen LogP contribution is -2.37. The quantitative estimate of drug-likeness (QED) is 0.714. The van der Waals surface area contributed by atoms with Gasteiger partial charge in [0.25, 0.3) is 0 Å². The lowest BCUT2D eigenvalue weighted by Gasteiger charge is -2.20. The molecule has 0 aliphatic heterocycles. The maximum absolute atomic E-state index is 11.7. The van der Waals surface area contributed by atoms with Crippen LogP contribution in [0.15, 0.2) is 18.2 Å². The van der Waals surface area contributed by atoms with Gasteiger partial charge >= 0.3 is 0 Å². The van der Waals surface area contributed by atoms with Gasteiger partial charge in [-0.2, -0.15) is 0 Å². The molecule has 0 aromatic heterocycles. The number of ether oxygens (including phenoxy) is 1. The van der Waals surface area contributed by atoms with Gasteiger partial charge in [0.2, 0.25) is 5.91 Å². The van der Waals surface area contributed by atoms with Crippen LogP contribution in [-0.2, 0) is 4.79 Å². The smallest absolute Gasteiger partial charge is 0.225 e. The summed E-state index contributed by atoms with van der Waals surface area (Å²) in [4.78, 5) is 11.7. The van der Waals surface area contributed by atoms with Crippen LogP contribution in [0.2, 0.25) is 0 Å². The van der Waals surface area contributed by atoms with Gasteiger partial charge in [-0.25, -0.2) is 0 Å². The number of aromatic hydroxyl groups is 1. The van der Waals surface area contributed by atoms with Crippen molar-refractivity contribution in [3.8, 4) is 11.5 Å². The Balaban J connectivity index is 2.48. The molecule has 1 amide bonds. The fourth-order valence-corrected chi connectivity index (χ4v) is 1.51. The summed E-state index contributed by atoms with van der Waals surface area (Å²) in [6.07, 6.45) is 0.350. The van der Waals surface area contributed by atoms with Crippen molar-refractivity contribution in [2.24, 2.45) is 0 Å². The average Bonchev–Trinajstić information content (AvgIpc) is 2.30. The van der Waals surface area contributed by atoms with Crippen molar-refractivity contribution in [2.45, 2.75) is 32.7 Å². The second-order valence-electron chi connectivity index (χ2n) is 5.36. The van der Waals surface area contributed by atoms with Crippen molar-refractivity contribution in [2.75, 3.05) is 19.0 Å². The number of nitrogens with one attached hydrogen (secondary N) is 2. The summed E-state index contributed by atoms with van der Waals surface area (Å²) < 4.78 is 4.97. The van der Waals surface area contributed by atoms with Crippen molar-refractivity contribution in [1.82, 2.24) is 5.32 Å². The van der Waals surface area contributed by atoms with Gasteiger partial charge < -0.3 is 20.5 Å². The van der Waals surface area contributed by atoms with E-state index in [-0.39, 0.29) is 17.2 Å². The maximum atomic E-state index is 11.7. The second kappa shape index (κ2) is 6.43. The van der Waals surface area contributed by atoms with Gasteiger partial charge in [0, 0.05) is 24.6 Å². The molecule has 19 heavy (non-hydrogen) atoms. The first-order valence-corrected chi connectivity index (χ1v) is 6.24. The number of rotatable bonds is 5. The predicted octanol–water partition coefficient (Wildman–Crippen LogP) is 2.12.